The first-order valence-electron chi connectivity index (χ1n) is 10.6. The smallest absolute Gasteiger partial charge is 0.251 e. The van der Waals surface area contributed by atoms with Gasteiger partial charge in [-0.05, 0) is 61.2 Å². The van der Waals surface area contributed by atoms with Crippen LogP contribution in [-0.2, 0) is 24.4 Å². The lowest BCUT2D eigenvalue weighted by Gasteiger charge is -2.18. The van der Waals surface area contributed by atoms with E-state index in [0.29, 0.717) is 25.1 Å². The Bertz CT molecular complexity index is 874. The Kier molecular flexibility index (Phi) is 6.25. The molecule has 0 saturated carbocycles. The van der Waals surface area contributed by atoms with Crippen molar-refractivity contribution in [2.24, 2.45) is 0 Å². The highest BCUT2D eigenvalue weighted by atomic mass is 16.2. The molecular formula is C24H29N3O2. The molecule has 2 aromatic carbocycles. The van der Waals surface area contributed by atoms with Gasteiger partial charge in [-0.25, -0.2) is 0 Å². The van der Waals surface area contributed by atoms with Crippen molar-refractivity contribution in [2.75, 3.05) is 19.6 Å². The van der Waals surface area contributed by atoms with Crippen LogP contribution in [0.2, 0.25) is 0 Å². The summed E-state index contributed by atoms with van der Waals surface area (Å²) in [6.07, 6.45) is 4.11. The number of hydrogen-bond acceptors (Lipinski definition) is 3. The second-order valence-electron chi connectivity index (χ2n) is 8.05. The van der Waals surface area contributed by atoms with Gasteiger partial charge >= 0.3 is 0 Å². The van der Waals surface area contributed by atoms with E-state index >= 15 is 0 Å². The van der Waals surface area contributed by atoms with Crippen molar-refractivity contribution in [1.29, 1.82) is 0 Å². The van der Waals surface area contributed by atoms with Gasteiger partial charge in [0.05, 0.1) is 0 Å². The first kappa shape index (κ1) is 19.6. The molecule has 1 N–H and O–H groups in total. The molecule has 0 spiro atoms. The van der Waals surface area contributed by atoms with E-state index in [4.69, 9.17) is 0 Å². The van der Waals surface area contributed by atoms with Crippen molar-refractivity contribution in [3.05, 3.63) is 70.8 Å². The first-order chi connectivity index (χ1) is 14.2. The molecular weight excluding hydrogens is 362 g/mol. The van der Waals surface area contributed by atoms with Crippen LogP contribution in [0.5, 0.6) is 0 Å². The maximum absolute atomic E-state index is 12.7. The van der Waals surface area contributed by atoms with Crippen molar-refractivity contribution in [1.82, 2.24) is 15.1 Å². The first-order valence-corrected chi connectivity index (χ1v) is 10.6. The fourth-order valence-electron chi connectivity index (χ4n) is 4.25. The number of nitrogens with zero attached hydrogens (tertiary/aromatic N) is 2. The molecule has 29 heavy (non-hydrogen) atoms. The van der Waals surface area contributed by atoms with Crippen molar-refractivity contribution in [2.45, 2.75) is 45.3 Å². The van der Waals surface area contributed by atoms with Gasteiger partial charge in [-0.15, -0.1) is 0 Å². The summed E-state index contributed by atoms with van der Waals surface area (Å²) in [4.78, 5) is 28.9. The zero-order valence-electron chi connectivity index (χ0n) is 16.9. The summed E-state index contributed by atoms with van der Waals surface area (Å²) in [7, 11) is 0. The summed E-state index contributed by atoms with van der Waals surface area (Å²) in [5.41, 5.74) is 4.11. The van der Waals surface area contributed by atoms with Crippen molar-refractivity contribution in [3.63, 3.8) is 0 Å². The molecule has 0 unspecified atom stereocenters. The molecule has 2 amide bonds. The number of carbonyl (C=O) groups excluding carboxylic acids is 2. The monoisotopic (exact) mass is 391 g/mol. The molecule has 152 valence electrons. The Hall–Kier alpha value is -2.66. The quantitative estimate of drug-likeness (QED) is 0.788. The predicted octanol–water partition coefficient (Wildman–Crippen LogP) is 3.33. The van der Waals surface area contributed by atoms with E-state index in [0.717, 1.165) is 38.2 Å². The average Bonchev–Trinajstić information content (AvgIpc) is 3.39. The number of benzene rings is 2. The van der Waals surface area contributed by atoms with Crippen LogP contribution >= 0.6 is 0 Å². The zero-order chi connectivity index (χ0) is 20.1. The lowest BCUT2D eigenvalue weighted by atomic mass is 10.1. The third-order valence-corrected chi connectivity index (χ3v) is 5.88. The minimum atomic E-state index is -0.0735. The predicted molar refractivity (Wildman–Crippen MR) is 113 cm³/mol. The fraction of sp³-hybridized carbons (Fsp3) is 0.417. The standard InChI is InChI=1S/C24H29N3O2/c28-23-11-6-14-27(23)17-19-7-5-10-20(15-19)24(29)25-16-21-8-1-2-9-22(21)18-26-12-3-4-13-26/h1-2,5,7-10,15H,3-4,6,11-14,16-18H2,(H,25,29). The maximum atomic E-state index is 12.7. The molecule has 2 aliphatic heterocycles. The highest BCUT2D eigenvalue weighted by Crippen LogP contribution is 2.17. The molecule has 2 saturated heterocycles. The van der Waals surface area contributed by atoms with Gasteiger partial charge in [-0.3, -0.25) is 14.5 Å². The summed E-state index contributed by atoms with van der Waals surface area (Å²) in [5.74, 6) is 0.130. The highest BCUT2D eigenvalue weighted by Gasteiger charge is 2.20. The maximum Gasteiger partial charge on any atom is 0.251 e. The van der Waals surface area contributed by atoms with Crippen LogP contribution in [0.4, 0.5) is 0 Å². The van der Waals surface area contributed by atoms with Crippen LogP contribution in [0.1, 0.15) is 52.7 Å². The van der Waals surface area contributed by atoms with Crippen LogP contribution in [-0.4, -0.2) is 41.2 Å². The second-order valence-corrected chi connectivity index (χ2v) is 8.05. The second kappa shape index (κ2) is 9.23. The lowest BCUT2D eigenvalue weighted by molar-refractivity contribution is -0.128. The topological polar surface area (TPSA) is 52.7 Å². The van der Waals surface area contributed by atoms with E-state index in [2.05, 4.69) is 28.4 Å². The van der Waals surface area contributed by atoms with Crippen LogP contribution in [0.3, 0.4) is 0 Å². The molecule has 0 aromatic heterocycles. The number of rotatable bonds is 7. The number of amides is 2. The van der Waals surface area contributed by atoms with Gasteiger partial charge < -0.3 is 10.2 Å². The minimum Gasteiger partial charge on any atom is -0.348 e. The Balaban J connectivity index is 1.37. The summed E-state index contributed by atoms with van der Waals surface area (Å²) in [6, 6.07) is 16.0. The Labute approximate surface area is 172 Å². The Morgan fingerprint density at radius 2 is 1.69 bits per heavy atom. The molecule has 5 nitrogen and oxygen atoms in total. The van der Waals surface area contributed by atoms with E-state index in [9.17, 15) is 9.59 Å². The van der Waals surface area contributed by atoms with E-state index < -0.39 is 0 Å². The van der Waals surface area contributed by atoms with E-state index in [1.165, 1.54) is 24.0 Å². The zero-order valence-corrected chi connectivity index (χ0v) is 16.9. The SMILES string of the molecule is O=C(NCc1ccccc1CN1CCCC1)c1cccc(CN2CCCC2=O)c1. The van der Waals surface area contributed by atoms with Gasteiger partial charge in [-0.1, -0.05) is 36.4 Å². The van der Waals surface area contributed by atoms with Crippen molar-refractivity contribution < 1.29 is 9.59 Å². The number of nitrogens with one attached hydrogen (secondary N) is 1. The Morgan fingerprint density at radius 1 is 0.897 bits per heavy atom. The highest BCUT2D eigenvalue weighted by molar-refractivity contribution is 5.94. The molecule has 2 heterocycles. The number of likely N-dealkylation sites (tertiary alicyclic amines) is 2. The largest absolute Gasteiger partial charge is 0.348 e. The number of hydrogen-bond donors (Lipinski definition) is 1. The third-order valence-electron chi connectivity index (χ3n) is 5.88. The molecule has 2 fully saturated rings. The average molecular weight is 392 g/mol. The van der Waals surface area contributed by atoms with E-state index in [1.807, 2.05) is 35.2 Å². The van der Waals surface area contributed by atoms with Gasteiger partial charge in [0.2, 0.25) is 5.91 Å². The van der Waals surface area contributed by atoms with Crippen LogP contribution in [0.25, 0.3) is 0 Å². The molecule has 0 radical (unpaired) electrons. The Morgan fingerprint density at radius 3 is 2.45 bits per heavy atom. The summed E-state index contributed by atoms with van der Waals surface area (Å²) >= 11 is 0. The minimum absolute atomic E-state index is 0.0735. The molecule has 0 bridgehead atoms. The molecule has 4 rings (SSSR count). The van der Waals surface area contributed by atoms with Gasteiger partial charge in [0.15, 0.2) is 0 Å². The molecule has 0 aliphatic carbocycles. The lowest BCUT2D eigenvalue weighted by Crippen LogP contribution is -2.26. The van der Waals surface area contributed by atoms with E-state index in [-0.39, 0.29) is 11.8 Å². The normalized spacial score (nSPS) is 17.1. The molecule has 0 atom stereocenters. The third kappa shape index (κ3) is 5.04. The molecule has 5 heteroatoms. The van der Waals surface area contributed by atoms with Gasteiger partial charge in [0.25, 0.3) is 5.91 Å². The van der Waals surface area contributed by atoms with Gasteiger partial charge in [-0.2, -0.15) is 0 Å². The summed E-state index contributed by atoms with van der Waals surface area (Å²) in [5, 5.41) is 3.07. The van der Waals surface area contributed by atoms with Gasteiger partial charge in [0, 0.05) is 38.2 Å². The van der Waals surface area contributed by atoms with Crippen molar-refractivity contribution >= 4 is 11.8 Å². The van der Waals surface area contributed by atoms with E-state index in [1.54, 1.807) is 0 Å². The van der Waals surface area contributed by atoms with Crippen molar-refractivity contribution in [3.8, 4) is 0 Å². The summed E-state index contributed by atoms with van der Waals surface area (Å²) in [6.45, 7) is 5.19. The molecule has 2 aliphatic rings. The summed E-state index contributed by atoms with van der Waals surface area (Å²) < 4.78 is 0. The molecule has 2 aromatic rings. The van der Waals surface area contributed by atoms with Crippen LogP contribution in [0.15, 0.2) is 48.5 Å². The number of carbonyl (C=O) groups is 2. The van der Waals surface area contributed by atoms with Crippen LogP contribution in [0, 0.1) is 0 Å². The fourth-order valence-corrected chi connectivity index (χ4v) is 4.25. The van der Waals surface area contributed by atoms with Crippen LogP contribution < -0.4 is 5.32 Å². The van der Waals surface area contributed by atoms with Gasteiger partial charge in [0.1, 0.15) is 0 Å².